The molecule has 2 N–H and O–H groups in total. The molecule has 0 aliphatic carbocycles. The van der Waals surface area contributed by atoms with Crippen molar-refractivity contribution in [2.45, 2.75) is 31.4 Å². The van der Waals surface area contributed by atoms with Gasteiger partial charge >= 0.3 is 0 Å². The number of nitrogens with zero attached hydrogens (tertiary/aromatic N) is 2. The minimum Gasteiger partial charge on any atom is -0.377 e. The molecule has 3 rings (SSSR count). The summed E-state index contributed by atoms with van der Waals surface area (Å²) in [6.07, 6.45) is 3.89. The van der Waals surface area contributed by atoms with Crippen molar-refractivity contribution < 1.29 is 4.74 Å². The highest BCUT2D eigenvalue weighted by Crippen LogP contribution is 2.30. The molecule has 0 aromatic heterocycles. The molecule has 1 aromatic rings. The van der Waals surface area contributed by atoms with Crippen LogP contribution in [0.4, 0.5) is 5.69 Å². The predicted molar refractivity (Wildman–Crippen MR) is 86.8 cm³/mol. The van der Waals surface area contributed by atoms with Gasteiger partial charge in [-0.15, -0.1) is 0 Å². The smallest absolute Gasteiger partial charge is 0.0702 e. The summed E-state index contributed by atoms with van der Waals surface area (Å²) in [6, 6.07) is 7.12. The lowest BCUT2D eigenvalue weighted by Crippen LogP contribution is -2.36. The maximum Gasteiger partial charge on any atom is 0.0702 e. The molecule has 21 heavy (non-hydrogen) atoms. The normalized spacial score (nSPS) is 22.9. The molecule has 4 heteroatoms. The van der Waals surface area contributed by atoms with Crippen molar-refractivity contribution in [1.82, 2.24) is 4.90 Å². The molecule has 4 nitrogen and oxygen atoms in total. The quantitative estimate of drug-likeness (QED) is 0.897. The molecular formula is C17H27N3O. The molecule has 1 saturated heterocycles. The molecule has 2 heterocycles. The first kappa shape index (κ1) is 14.8. The third-order valence-electron chi connectivity index (χ3n) is 4.89. The van der Waals surface area contributed by atoms with Crippen molar-refractivity contribution in [3.05, 3.63) is 29.3 Å². The summed E-state index contributed by atoms with van der Waals surface area (Å²) in [6.45, 7) is 3.66. The highest BCUT2D eigenvalue weighted by molar-refractivity contribution is 5.58. The Balaban J connectivity index is 1.73. The van der Waals surface area contributed by atoms with E-state index in [1.807, 2.05) is 0 Å². The first-order chi connectivity index (χ1) is 10.2. The molecule has 2 unspecified atom stereocenters. The molecule has 2 aliphatic heterocycles. The monoisotopic (exact) mass is 289 g/mol. The molecule has 0 spiro atoms. The number of fused-ring (bicyclic) bond motifs is 1. The van der Waals surface area contributed by atoms with Crippen LogP contribution in [0, 0.1) is 0 Å². The summed E-state index contributed by atoms with van der Waals surface area (Å²) in [5, 5.41) is 0. The fourth-order valence-corrected chi connectivity index (χ4v) is 3.60. The first-order valence-corrected chi connectivity index (χ1v) is 8.05. The third-order valence-corrected chi connectivity index (χ3v) is 4.89. The Morgan fingerprint density at radius 3 is 3.05 bits per heavy atom. The fraction of sp³-hybridized carbons (Fsp3) is 0.647. The van der Waals surface area contributed by atoms with E-state index in [0.29, 0.717) is 12.6 Å². The van der Waals surface area contributed by atoms with Crippen LogP contribution < -0.4 is 10.6 Å². The van der Waals surface area contributed by atoms with Crippen molar-refractivity contribution in [2.24, 2.45) is 5.73 Å². The highest BCUT2D eigenvalue weighted by Gasteiger charge is 2.24. The lowest BCUT2D eigenvalue weighted by molar-refractivity contribution is 0.0689. The number of rotatable bonds is 5. The van der Waals surface area contributed by atoms with Gasteiger partial charge in [0, 0.05) is 45.0 Å². The lowest BCUT2D eigenvalue weighted by atomic mass is 10.0. The van der Waals surface area contributed by atoms with Crippen LogP contribution in [0.15, 0.2) is 18.2 Å². The molecule has 0 amide bonds. The van der Waals surface area contributed by atoms with E-state index >= 15 is 0 Å². The Morgan fingerprint density at radius 1 is 1.48 bits per heavy atom. The molecule has 0 saturated carbocycles. The summed E-state index contributed by atoms with van der Waals surface area (Å²) in [4.78, 5) is 4.68. The maximum absolute atomic E-state index is 6.06. The van der Waals surface area contributed by atoms with Crippen LogP contribution in [-0.4, -0.2) is 51.3 Å². The second-order valence-corrected chi connectivity index (χ2v) is 6.39. The third kappa shape index (κ3) is 3.07. The summed E-state index contributed by atoms with van der Waals surface area (Å²) < 4.78 is 5.75. The van der Waals surface area contributed by atoms with Crippen molar-refractivity contribution in [3.63, 3.8) is 0 Å². The topological polar surface area (TPSA) is 41.7 Å². The number of hydrogen-bond acceptors (Lipinski definition) is 4. The van der Waals surface area contributed by atoms with Gasteiger partial charge in [0.15, 0.2) is 0 Å². The predicted octanol–water partition coefficient (Wildman–Crippen LogP) is 1.79. The average Bonchev–Trinajstić information content (AvgIpc) is 3.10. The largest absolute Gasteiger partial charge is 0.377 e. The zero-order chi connectivity index (χ0) is 14.8. The van der Waals surface area contributed by atoms with Crippen LogP contribution >= 0.6 is 0 Å². The number of benzene rings is 1. The average molecular weight is 289 g/mol. The summed E-state index contributed by atoms with van der Waals surface area (Å²) in [5.41, 5.74) is 10.2. The van der Waals surface area contributed by atoms with Gasteiger partial charge in [0.05, 0.1) is 6.10 Å². The maximum atomic E-state index is 6.06. The molecule has 116 valence electrons. The van der Waals surface area contributed by atoms with E-state index in [9.17, 15) is 0 Å². The summed E-state index contributed by atoms with van der Waals surface area (Å²) >= 11 is 0. The van der Waals surface area contributed by atoms with Crippen LogP contribution in [0.3, 0.4) is 0 Å². The van der Waals surface area contributed by atoms with Gasteiger partial charge in [0.2, 0.25) is 0 Å². The van der Waals surface area contributed by atoms with E-state index in [1.165, 1.54) is 29.7 Å². The molecule has 0 bridgehead atoms. The van der Waals surface area contributed by atoms with Crippen molar-refractivity contribution >= 4 is 5.69 Å². The van der Waals surface area contributed by atoms with Gasteiger partial charge in [-0.05, 0) is 43.5 Å². The Labute approximate surface area is 127 Å². The van der Waals surface area contributed by atoms with Crippen LogP contribution in [0.25, 0.3) is 0 Å². The molecule has 0 radical (unpaired) electrons. The molecule has 2 aliphatic rings. The van der Waals surface area contributed by atoms with E-state index in [2.05, 4.69) is 42.1 Å². The van der Waals surface area contributed by atoms with Gasteiger partial charge in [-0.3, -0.25) is 4.90 Å². The Hall–Kier alpha value is -1.10. The first-order valence-electron chi connectivity index (χ1n) is 8.05. The van der Waals surface area contributed by atoms with Gasteiger partial charge in [-0.25, -0.2) is 0 Å². The number of nitrogens with two attached hydrogens (primary N) is 1. The lowest BCUT2D eigenvalue weighted by Gasteiger charge is -2.29. The Kier molecular flexibility index (Phi) is 4.48. The number of ether oxygens (including phenoxy) is 1. The van der Waals surface area contributed by atoms with Gasteiger partial charge < -0.3 is 15.4 Å². The van der Waals surface area contributed by atoms with Crippen molar-refractivity contribution in [1.29, 1.82) is 0 Å². The molecule has 1 fully saturated rings. The van der Waals surface area contributed by atoms with E-state index < -0.39 is 0 Å². The van der Waals surface area contributed by atoms with E-state index in [1.54, 1.807) is 0 Å². The van der Waals surface area contributed by atoms with Gasteiger partial charge in [-0.1, -0.05) is 12.1 Å². The SMILES string of the molecule is CN1CCc2cc(C(CN)N(C)CC3CCCO3)ccc21. The van der Waals surface area contributed by atoms with Crippen molar-refractivity contribution in [3.8, 4) is 0 Å². The van der Waals surface area contributed by atoms with Gasteiger partial charge in [0.1, 0.15) is 0 Å². The number of anilines is 1. The van der Waals surface area contributed by atoms with Gasteiger partial charge in [0.25, 0.3) is 0 Å². The van der Waals surface area contributed by atoms with E-state index in [0.717, 1.165) is 26.1 Å². The van der Waals surface area contributed by atoms with Crippen LogP contribution in [0.1, 0.15) is 30.0 Å². The Morgan fingerprint density at radius 2 is 2.33 bits per heavy atom. The zero-order valence-corrected chi connectivity index (χ0v) is 13.2. The number of likely N-dealkylation sites (N-methyl/N-ethyl adjacent to an activating group) is 2. The molecular weight excluding hydrogens is 262 g/mol. The van der Waals surface area contributed by atoms with Crippen LogP contribution in [0.5, 0.6) is 0 Å². The summed E-state index contributed by atoms with van der Waals surface area (Å²) in [7, 11) is 4.33. The van der Waals surface area contributed by atoms with Crippen molar-refractivity contribution in [2.75, 3.05) is 45.2 Å². The minimum absolute atomic E-state index is 0.283. The fourth-order valence-electron chi connectivity index (χ4n) is 3.60. The van der Waals surface area contributed by atoms with Gasteiger partial charge in [-0.2, -0.15) is 0 Å². The van der Waals surface area contributed by atoms with Crippen LogP contribution in [0.2, 0.25) is 0 Å². The van der Waals surface area contributed by atoms with Crippen LogP contribution in [-0.2, 0) is 11.2 Å². The Bertz CT molecular complexity index is 485. The second-order valence-electron chi connectivity index (χ2n) is 6.39. The molecule has 1 aromatic carbocycles. The zero-order valence-electron chi connectivity index (χ0n) is 13.2. The minimum atomic E-state index is 0.283. The van der Waals surface area contributed by atoms with E-state index in [4.69, 9.17) is 10.5 Å². The second kappa shape index (κ2) is 6.34. The van der Waals surface area contributed by atoms with E-state index in [-0.39, 0.29) is 6.04 Å². The standard InChI is InChI=1S/C17H27N3O/c1-19-8-7-14-10-13(5-6-16(14)19)17(11-18)20(2)12-15-4-3-9-21-15/h5-6,10,15,17H,3-4,7-9,11-12,18H2,1-2H3. The number of hydrogen-bond donors (Lipinski definition) is 1. The molecule has 2 atom stereocenters. The summed E-state index contributed by atoms with van der Waals surface area (Å²) in [5.74, 6) is 0. The highest BCUT2D eigenvalue weighted by atomic mass is 16.5.